The number of rotatable bonds is 0. The van der Waals surface area contributed by atoms with Gasteiger partial charge in [0.25, 0.3) is 0 Å². The normalized spacial score (nSPS) is 15.5. The van der Waals surface area contributed by atoms with Crippen molar-refractivity contribution in [3.05, 3.63) is 53.7 Å². The fourth-order valence-electron chi connectivity index (χ4n) is 1.28. The number of fused-ring (bicyclic) bond motifs is 1. The molecule has 0 aliphatic heterocycles. The Hall–Kier alpha value is -1.11. The number of hydrogen-bond donors (Lipinski definition) is 0. The molecule has 0 fully saturated rings. The minimum atomic E-state index is -0.122. The van der Waals surface area contributed by atoms with Crippen LogP contribution in [0.25, 0.3) is 0 Å². The lowest BCUT2D eigenvalue weighted by Gasteiger charge is -2.10. The van der Waals surface area contributed by atoms with Crippen LogP contribution in [0.4, 0.5) is 4.39 Å². The Morgan fingerprint density at radius 3 is 2.91 bits per heavy atom. The van der Waals surface area contributed by atoms with Gasteiger partial charge in [0.1, 0.15) is 5.83 Å². The van der Waals surface area contributed by atoms with Gasteiger partial charge in [-0.1, -0.05) is 24.3 Å². The average Bonchev–Trinajstić information content (AvgIpc) is 2.04. The van der Waals surface area contributed by atoms with E-state index in [1.165, 1.54) is 5.56 Å². The first-order chi connectivity index (χ1) is 5.36. The first-order valence-electron chi connectivity index (χ1n) is 3.64. The zero-order valence-corrected chi connectivity index (χ0v) is 6.05. The van der Waals surface area contributed by atoms with Crippen LogP contribution < -0.4 is 0 Å². The summed E-state index contributed by atoms with van der Waals surface area (Å²) in [4.78, 5) is 0. The summed E-state index contributed by atoms with van der Waals surface area (Å²) in [5, 5.41) is 0. The fourth-order valence-corrected chi connectivity index (χ4v) is 1.28. The predicted molar refractivity (Wildman–Crippen MR) is 42.7 cm³/mol. The van der Waals surface area contributed by atoms with Crippen molar-refractivity contribution in [1.82, 2.24) is 0 Å². The van der Waals surface area contributed by atoms with Gasteiger partial charge in [0.05, 0.1) is 0 Å². The maximum absolute atomic E-state index is 12.7. The SMILES string of the molecule is FC1=CCc2ccccc2[CH]1. The molecule has 1 radical (unpaired) electrons. The summed E-state index contributed by atoms with van der Waals surface area (Å²) < 4.78 is 12.7. The monoisotopic (exact) mass is 147 g/mol. The van der Waals surface area contributed by atoms with E-state index in [9.17, 15) is 4.39 Å². The van der Waals surface area contributed by atoms with Gasteiger partial charge in [0, 0.05) is 6.42 Å². The summed E-state index contributed by atoms with van der Waals surface area (Å²) in [6, 6.07) is 7.86. The van der Waals surface area contributed by atoms with Gasteiger partial charge in [-0.15, -0.1) is 0 Å². The van der Waals surface area contributed by atoms with Crippen molar-refractivity contribution in [2.24, 2.45) is 0 Å². The number of halogens is 1. The minimum Gasteiger partial charge on any atom is -0.211 e. The predicted octanol–water partition coefficient (Wildman–Crippen LogP) is 2.65. The molecule has 0 nitrogen and oxygen atoms in total. The molecule has 0 heterocycles. The Balaban J connectivity index is 2.42. The van der Waals surface area contributed by atoms with Crippen molar-refractivity contribution in [1.29, 1.82) is 0 Å². The highest BCUT2D eigenvalue weighted by Gasteiger charge is 2.08. The van der Waals surface area contributed by atoms with Crippen LogP contribution in [-0.2, 0) is 6.42 Å². The molecule has 1 heteroatoms. The molecule has 1 aliphatic rings. The fraction of sp³-hybridized carbons (Fsp3) is 0.100. The molecule has 0 amide bonds. The van der Waals surface area contributed by atoms with Crippen molar-refractivity contribution < 1.29 is 4.39 Å². The van der Waals surface area contributed by atoms with Gasteiger partial charge >= 0.3 is 0 Å². The Labute approximate surface area is 65.4 Å². The molecule has 0 atom stereocenters. The van der Waals surface area contributed by atoms with Crippen molar-refractivity contribution in [2.45, 2.75) is 6.42 Å². The van der Waals surface area contributed by atoms with Crippen LogP contribution >= 0.6 is 0 Å². The van der Waals surface area contributed by atoms with E-state index < -0.39 is 0 Å². The molecule has 0 saturated heterocycles. The topological polar surface area (TPSA) is 0 Å². The van der Waals surface area contributed by atoms with Crippen molar-refractivity contribution in [3.63, 3.8) is 0 Å². The highest BCUT2D eigenvalue weighted by Crippen LogP contribution is 2.22. The van der Waals surface area contributed by atoms with Crippen molar-refractivity contribution in [3.8, 4) is 0 Å². The van der Waals surface area contributed by atoms with Gasteiger partial charge in [-0.3, -0.25) is 0 Å². The summed E-state index contributed by atoms with van der Waals surface area (Å²) in [7, 11) is 0. The van der Waals surface area contributed by atoms with E-state index in [1.807, 2.05) is 24.3 Å². The van der Waals surface area contributed by atoms with Crippen LogP contribution in [0, 0.1) is 6.42 Å². The van der Waals surface area contributed by atoms with Gasteiger partial charge < -0.3 is 0 Å². The molecule has 1 aromatic rings. The van der Waals surface area contributed by atoms with Crippen LogP contribution in [0.2, 0.25) is 0 Å². The summed E-state index contributed by atoms with van der Waals surface area (Å²) >= 11 is 0. The summed E-state index contributed by atoms with van der Waals surface area (Å²) in [5.41, 5.74) is 2.21. The maximum Gasteiger partial charge on any atom is 0.105 e. The first-order valence-corrected chi connectivity index (χ1v) is 3.64. The third-order valence-corrected chi connectivity index (χ3v) is 1.87. The maximum atomic E-state index is 12.7. The molecule has 1 aromatic carbocycles. The van der Waals surface area contributed by atoms with E-state index in [0.29, 0.717) is 0 Å². The van der Waals surface area contributed by atoms with Gasteiger partial charge in [-0.05, 0) is 23.6 Å². The van der Waals surface area contributed by atoms with Crippen LogP contribution in [0.3, 0.4) is 0 Å². The Morgan fingerprint density at radius 2 is 2.00 bits per heavy atom. The second kappa shape index (κ2) is 2.50. The molecule has 0 bridgehead atoms. The van der Waals surface area contributed by atoms with Gasteiger partial charge in [0.15, 0.2) is 0 Å². The molecule has 0 saturated carbocycles. The Bertz CT molecular complexity index is 299. The molecule has 0 aromatic heterocycles. The van der Waals surface area contributed by atoms with E-state index in [-0.39, 0.29) is 5.83 Å². The minimum absolute atomic E-state index is 0.122. The Morgan fingerprint density at radius 1 is 1.18 bits per heavy atom. The van der Waals surface area contributed by atoms with Gasteiger partial charge in [-0.25, -0.2) is 4.39 Å². The molecule has 11 heavy (non-hydrogen) atoms. The summed E-state index contributed by atoms with van der Waals surface area (Å²) in [6.45, 7) is 0. The average molecular weight is 147 g/mol. The number of hydrogen-bond acceptors (Lipinski definition) is 0. The number of allylic oxidation sites excluding steroid dienone is 2. The largest absolute Gasteiger partial charge is 0.211 e. The molecule has 2 rings (SSSR count). The highest BCUT2D eigenvalue weighted by atomic mass is 19.1. The standard InChI is InChI=1S/C10H8F/c11-10-6-5-8-3-1-2-4-9(8)7-10/h1-4,6-7H,5H2. The smallest absolute Gasteiger partial charge is 0.105 e. The lowest BCUT2D eigenvalue weighted by atomic mass is 9.96. The zero-order chi connectivity index (χ0) is 7.68. The van der Waals surface area contributed by atoms with E-state index in [2.05, 4.69) is 0 Å². The zero-order valence-electron chi connectivity index (χ0n) is 6.05. The molecule has 0 spiro atoms. The Kier molecular flexibility index (Phi) is 1.50. The second-order valence-electron chi connectivity index (χ2n) is 2.64. The molecular formula is C10H8F. The third-order valence-electron chi connectivity index (χ3n) is 1.87. The third kappa shape index (κ3) is 1.18. The molecule has 1 aliphatic carbocycles. The molecule has 0 N–H and O–H groups in total. The van der Waals surface area contributed by atoms with E-state index >= 15 is 0 Å². The van der Waals surface area contributed by atoms with E-state index in [4.69, 9.17) is 0 Å². The lowest BCUT2D eigenvalue weighted by Crippen LogP contribution is -1.97. The lowest BCUT2D eigenvalue weighted by molar-refractivity contribution is 0.643. The molecule has 0 unspecified atom stereocenters. The van der Waals surface area contributed by atoms with E-state index in [0.717, 1.165) is 12.0 Å². The van der Waals surface area contributed by atoms with E-state index in [1.54, 1.807) is 12.5 Å². The quantitative estimate of drug-likeness (QED) is 0.529. The van der Waals surface area contributed by atoms with Crippen molar-refractivity contribution in [2.75, 3.05) is 0 Å². The van der Waals surface area contributed by atoms with Crippen LogP contribution in [0.15, 0.2) is 36.2 Å². The van der Waals surface area contributed by atoms with Gasteiger partial charge in [0.2, 0.25) is 0 Å². The van der Waals surface area contributed by atoms with Gasteiger partial charge in [-0.2, -0.15) is 0 Å². The highest BCUT2D eigenvalue weighted by molar-refractivity contribution is 5.42. The van der Waals surface area contributed by atoms with Crippen LogP contribution in [0.5, 0.6) is 0 Å². The second-order valence-corrected chi connectivity index (χ2v) is 2.64. The molecular weight excluding hydrogens is 139 g/mol. The molecule has 55 valence electrons. The summed E-state index contributed by atoms with van der Waals surface area (Å²) in [6.07, 6.45) is 3.89. The summed E-state index contributed by atoms with van der Waals surface area (Å²) in [5.74, 6) is -0.122. The number of benzene rings is 1. The first kappa shape index (κ1) is 6.59. The van der Waals surface area contributed by atoms with Crippen LogP contribution in [-0.4, -0.2) is 0 Å². The van der Waals surface area contributed by atoms with Crippen LogP contribution in [0.1, 0.15) is 11.1 Å². The van der Waals surface area contributed by atoms with Crippen molar-refractivity contribution >= 4 is 0 Å².